The van der Waals surface area contributed by atoms with Crippen molar-refractivity contribution in [2.24, 2.45) is 0 Å². The van der Waals surface area contributed by atoms with E-state index in [-0.39, 0.29) is 11.8 Å². The van der Waals surface area contributed by atoms with E-state index in [2.05, 4.69) is 34.7 Å². The average molecular weight is 343 g/mol. The molecule has 3 rings (SSSR count). The topological polar surface area (TPSA) is 49.0 Å². The normalized spacial score (nSPS) is 19.2. The number of amides is 1. The largest absolute Gasteiger partial charge is 0.341 e. The van der Waals surface area contributed by atoms with Crippen molar-refractivity contribution >= 4 is 17.7 Å². The van der Waals surface area contributed by atoms with Crippen LogP contribution in [0.3, 0.4) is 0 Å². The fraction of sp³-hybridized carbons (Fsp3) is 0.474. The van der Waals surface area contributed by atoms with Crippen LogP contribution < -0.4 is 0 Å². The summed E-state index contributed by atoms with van der Waals surface area (Å²) >= 11 is 1.73. The van der Waals surface area contributed by atoms with E-state index in [0.717, 1.165) is 48.6 Å². The maximum atomic E-state index is 13.2. The molecule has 4 nitrogen and oxygen atoms in total. The van der Waals surface area contributed by atoms with Gasteiger partial charge in [0.05, 0.1) is 11.6 Å². The predicted molar refractivity (Wildman–Crippen MR) is 99.4 cm³/mol. The molecule has 1 amide bonds. The Balaban J connectivity index is 1.74. The Morgan fingerprint density at radius 1 is 1.42 bits per heavy atom. The molecule has 1 N–H and O–H groups in total. The number of aryl methyl sites for hydroxylation is 1. The Hall–Kier alpha value is -1.75. The SMILES string of the molecule is CSCC(C(=O)N1CCCC(c2cc(C)[nH]n2)C1)c1ccccc1. The van der Waals surface area contributed by atoms with Crippen molar-refractivity contribution in [2.75, 3.05) is 25.1 Å². The van der Waals surface area contributed by atoms with Gasteiger partial charge in [0.15, 0.2) is 0 Å². The quantitative estimate of drug-likeness (QED) is 0.903. The van der Waals surface area contributed by atoms with Crippen molar-refractivity contribution < 1.29 is 4.79 Å². The molecule has 0 radical (unpaired) electrons. The van der Waals surface area contributed by atoms with Crippen molar-refractivity contribution in [1.29, 1.82) is 0 Å². The molecule has 2 heterocycles. The molecule has 0 saturated carbocycles. The first kappa shape index (κ1) is 17.1. The zero-order valence-electron chi connectivity index (χ0n) is 14.4. The summed E-state index contributed by atoms with van der Waals surface area (Å²) in [6.07, 6.45) is 4.21. The van der Waals surface area contributed by atoms with Gasteiger partial charge in [-0.3, -0.25) is 9.89 Å². The number of carbonyl (C=O) groups is 1. The van der Waals surface area contributed by atoms with E-state index in [9.17, 15) is 4.79 Å². The van der Waals surface area contributed by atoms with Crippen molar-refractivity contribution in [3.05, 3.63) is 53.3 Å². The van der Waals surface area contributed by atoms with Crippen LogP contribution in [0.1, 0.15) is 41.6 Å². The van der Waals surface area contributed by atoms with E-state index >= 15 is 0 Å². The highest BCUT2D eigenvalue weighted by Crippen LogP contribution is 2.29. The average Bonchev–Trinajstić information content (AvgIpc) is 3.06. The van der Waals surface area contributed by atoms with Gasteiger partial charge in [0.25, 0.3) is 0 Å². The second kappa shape index (κ2) is 7.88. The third kappa shape index (κ3) is 3.83. The van der Waals surface area contributed by atoms with E-state index in [0.29, 0.717) is 5.92 Å². The van der Waals surface area contributed by atoms with Gasteiger partial charge < -0.3 is 4.90 Å². The number of benzene rings is 1. The molecule has 2 atom stereocenters. The number of hydrogen-bond donors (Lipinski definition) is 1. The highest BCUT2D eigenvalue weighted by molar-refractivity contribution is 7.98. The molecule has 0 bridgehead atoms. The lowest BCUT2D eigenvalue weighted by molar-refractivity contribution is -0.133. The first-order chi connectivity index (χ1) is 11.7. The zero-order chi connectivity index (χ0) is 16.9. The third-order valence-electron chi connectivity index (χ3n) is 4.71. The number of nitrogens with zero attached hydrogens (tertiary/aromatic N) is 2. The van der Waals surface area contributed by atoms with Crippen LogP contribution in [-0.4, -0.2) is 46.1 Å². The Morgan fingerprint density at radius 3 is 2.88 bits per heavy atom. The molecule has 1 aromatic heterocycles. The summed E-state index contributed by atoms with van der Waals surface area (Å²) in [5.74, 6) is 1.37. The van der Waals surface area contributed by atoms with E-state index in [1.54, 1.807) is 11.8 Å². The summed E-state index contributed by atoms with van der Waals surface area (Å²) in [6, 6.07) is 12.3. The van der Waals surface area contributed by atoms with Crippen molar-refractivity contribution in [3.63, 3.8) is 0 Å². The number of hydrogen-bond acceptors (Lipinski definition) is 3. The molecule has 24 heavy (non-hydrogen) atoms. The van der Waals surface area contributed by atoms with E-state index in [1.165, 1.54) is 0 Å². The second-order valence-electron chi connectivity index (χ2n) is 6.52. The number of nitrogens with one attached hydrogen (secondary N) is 1. The number of aromatic nitrogens is 2. The van der Waals surface area contributed by atoms with Gasteiger partial charge in [-0.1, -0.05) is 30.3 Å². The second-order valence-corrected chi connectivity index (χ2v) is 7.43. The summed E-state index contributed by atoms with van der Waals surface area (Å²) in [5.41, 5.74) is 3.29. The predicted octanol–water partition coefficient (Wildman–Crippen LogP) is 3.57. The van der Waals surface area contributed by atoms with Crippen LogP contribution >= 0.6 is 11.8 Å². The van der Waals surface area contributed by atoms with E-state index < -0.39 is 0 Å². The number of piperidine rings is 1. The minimum absolute atomic E-state index is 0.0547. The van der Waals surface area contributed by atoms with Crippen LogP contribution in [0, 0.1) is 6.92 Å². The molecule has 5 heteroatoms. The van der Waals surface area contributed by atoms with Crippen molar-refractivity contribution in [3.8, 4) is 0 Å². The lowest BCUT2D eigenvalue weighted by atomic mass is 9.92. The fourth-order valence-electron chi connectivity index (χ4n) is 3.45. The van der Waals surface area contributed by atoms with Crippen LogP contribution in [0.2, 0.25) is 0 Å². The Morgan fingerprint density at radius 2 is 2.21 bits per heavy atom. The number of rotatable bonds is 5. The first-order valence-electron chi connectivity index (χ1n) is 8.53. The zero-order valence-corrected chi connectivity index (χ0v) is 15.2. The highest BCUT2D eigenvalue weighted by atomic mass is 32.2. The molecular weight excluding hydrogens is 318 g/mol. The number of likely N-dealkylation sites (tertiary alicyclic amines) is 1. The maximum absolute atomic E-state index is 13.2. The molecule has 1 aliphatic heterocycles. The minimum atomic E-state index is -0.0547. The number of H-pyrrole nitrogens is 1. The summed E-state index contributed by atoms with van der Waals surface area (Å²) in [4.78, 5) is 15.2. The molecule has 1 fully saturated rings. The molecule has 128 valence electrons. The number of thioether (sulfide) groups is 1. The Labute approximate surface area is 148 Å². The van der Waals surface area contributed by atoms with Gasteiger partial charge in [-0.25, -0.2) is 0 Å². The molecule has 1 aromatic carbocycles. The van der Waals surface area contributed by atoms with Crippen molar-refractivity contribution in [2.45, 2.75) is 31.6 Å². The van der Waals surface area contributed by atoms with Gasteiger partial charge in [0.2, 0.25) is 5.91 Å². The Bertz CT molecular complexity index is 670. The van der Waals surface area contributed by atoms with Crippen LogP contribution in [-0.2, 0) is 4.79 Å². The fourth-order valence-corrected chi connectivity index (χ4v) is 4.12. The smallest absolute Gasteiger partial charge is 0.230 e. The van der Waals surface area contributed by atoms with Gasteiger partial charge in [0.1, 0.15) is 0 Å². The van der Waals surface area contributed by atoms with Gasteiger partial charge in [-0.15, -0.1) is 0 Å². The maximum Gasteiger partial charge on any atom is 0.230 e. The van der Waals surface area contributed by atoms with Crippen molar-refractivity contribution in [1.82, 2.24) is 15.1 Å². The highest BCUT2D eigenvalue weighted by Gasteiger charge is 2.30. The lowest BCUT2D eigenvalue weighted by Gasteiger charge is -2.34. The molecule has 2 aromatic rings. The van der Waals surface area contributed by atoms with Gasteiger partial charge in [-0.2, -0.15) is 16.9 Å². The van der Waals surface area contributed by atoms with Gasteiger partial charge in [-0.05, 0) is 37.7 Å². The van der Waals surface area contributed by atoms with E-state index in [4.69, 9.17) is 0 Å². The van der Waals surface area contributed by atoms with Crippen LogP contribution in [0.25, 0.3) is 0 Å². The molecule has 1 aliphatic rings. The van der Waals surface area contributed by atoms with Gasteiger partial charge in [0, 0.05) is 30.5 Å². The van der Waals surface area contributed by atoms with Gasteiger partial charge >= 0.3 is 0 Å². The number of aromatic amines is 1. The standard InChI is InChI=1S/C19H25N3OS/c1-14-11-18(21-20-14)16-9-6-10-22(12-16)19(23)17(13-24-2)15-7-4-3-5-8-15/h3-5,7-8,11,16-17H,6,9-10,12-13H2,1-2H3,(H,20,21). The molecule has 2 unspecified atom stereocenters. The van der Waals surface area contributed by atoms with Crippen LogP contribution in [0.15, 0.2) is 36.4 Å². The van der Waals surface area contributed by atoms with Crippen LogP contribution in [0.4, 0.5) is 0 Å². The third-order valence-corrected chi connectivity index (χ3v) is 5.38. The summed E-state index contributed by atoms with van der Waals surface area (Å²) < 4.78 is 0. The molecule has 1 saturated heterocycles. The summed E-state index contributed by atoms with van der Waals surface area (Å²) in [5, 5.41) is 7.43. The summed E-state index contributed by atoms with van der Waals surface area (Å²) in [7, 11) is 0. The minimum Gasteiger partial charge on any atom is -0.341 e. The number of carbonyl (C=O) groups excluding carboxylic acids is 1. The first-order valence-corrected chi connectivity index (χ1v) is 9.93. The Kier molecular flexibility index (Phi) is 5.61. The monoisotopic (exact) mass is 343 g/mol. The molecular formula is C19H25N3OS. The lowest BCUT2D eigenvalue weighted by Crippen LogP contribution is -2.42. The molecule has 0 aliphatic carbocycles. The summed E-state index contributed by atoms with van der Waals surface area (Å²) in [6.45, 7) is 3.66. The van der Waals surface area contributed by atoms with Crippen LogP contribution in [0.5, 0.6) is 0 Å². The molecule has 0 spiro atoms. The van der Waals surface area contributed by atoms with E-state index in [1.807, 2.05) is 30.0 Å².